The van der Waals surface area contributed by atoms with E-state index in [0.29, 0.717) is 6.61 Å². The van der Waals surface area contributed by atoms with Crippen LogP contribution in [0.25, 0.3) is 16.8 Å². The lowest BCUT2D eigenvalue weighted by molar-refractivity contribution is -0.158. The fourth-order valence-electron chi connectivity index (χ4n) is 2.98. The van der Waals surface area contributed by atoms with Gasteiger partial charge in [-0.2, -0.15) is 0 Å². The van der Waals surface area contributed by atoms with Crippen LogP contribution < -0.4 is 0 Å². The van der Waals surface area contributed by atoms with Gasteiger partial charge in [0.1, 0.15) is 0 Å². The van der Waals surface area contributed by atoms with Gasteiger partial charge in [0.05, 0.1) is 17.6 Å². The molecule has 1 saturated heterocycles. The van der Waals surface area contributed by atoms with Crippen LogP contribution in [-0.2, 0) is 16.5 Å². The van der Waals surface area contributed by atoms with Gasteiger partial charge in [-0.05, 0) is 31.4 Å². The number of benzene rings is 1. The number of hydrogen-bond acceptors (Lipinski definition) is 5. The van der Waals surface area contributed by atoms with E-state index in [0.717, 1.165) is 47.2 Å². The third kappa shape index (κ3) is 2.84. The minimum absolute atomic E-state index is 0.0275. The van der Waals surface area contributed by atoms with Gasteiger partial charge in [-0.1, -0.05) is 23.9 Å². The lowest BCUT2D eigenvalue weighted by Gasteiger charge is -2.22. The van der Waals surface area contributed by atoms with Crippen LogP contribution in [0, 0.1) is 0 Å². The highest BCUT2D eigenvalue weighted by Crippen LogP contribution is 2.25. The molecule has 0 amide bonds. The number of aromatic nitrogens is 4. The molecular weight excluding hydrogens is 312 g/mol. The van der Waals surface area contributed by atoms with Gasteiger partial charge in [-0.25, -0.2) is 0 Å². The quantitative estimate of drug-likeness (QED) is 0.531. The number of para-hydroxylation sites is 2. The van der Waals surface area contributed by atoms with Crippen LogP contribution in [-0.4, -0.2) is 44.4 Å². The molecule has 7 heteroatoms. The van der Waals surface area contributed by atoms with Crippen molar-refractivity contribution in [2.75, 3.05) is 19.0 Å². The van der Waals surface area contributed by atoms with E-state index in [4.69, 9.17) is 9.47 Å². The molecule has 1 atom stereocenters. The molecule has 0 bridgehead atoms. The second kappa shape index (κ2) is 6.51. The van der Waals surface area contributed by atoms with Crippen LogP contribution in [0.2, 0.25) is 0 Å². The molecule has 0 N–H and O–H groups in total. The highest BCUT2D eigenvalue weighted by atomic mass is 32.2. The van der Waals surface area contributed by atoms with Crippen molar-refractivity contribution in [3.8, 4) is 0 Å². The molecule has 1 unspecified atom stereocenters. The minimum Gasteiger partial charge on any atom is -0.353 e. The van der Waals surface area contributed by atoms with Crippen LogP contribution in [0.15, 0.2) is 29.4 Å². The van der Waals surface area contributed by atoms with E-state index in [1.165, 1.54) is 6.42 Å². The molecule has 1 aliphatic heterocycles. The maximum Gasteiger partial charge on any atom is 0.236 e. The molecule has 0 radical (unpaired) electrons. The van der Waals surface area contributed by atoms with Crippen molar-refractivity contribution in [3.05, 3.63) is 24.3 Å². The Morgan fingerprint density at radius 3 is 2.96 bits per heavy atom. The summed E-state index contributed by atoms with van der Waals surface area (Å²) in [4.78, 5) is 0. The molecule has 3 aromatic rings. The molecule has 6 nitrogen and oxygen atoms in total. The first kappa shape index (κ1) is 15.0. The number of hydrogen-bond donors (Lipinski definition) is 0. The van der Waals surface area contributed by atoms with E-state index in [1.807, 2.05) is 19.2 Å². The fraction of sp³-hybridized carbons (Fsp3) is 0.500. The maximum atomic E-state index is 5.78. The summed E-state index contributed by atoms with van der Waals surface area (Å²) in [6.07, 6.45) is 3.31. The third-order valence-electron chi connectivity index (χ3n) is 4.16. The van der Waals surface area contributed by atoms with Gasteiger partial charge in [0.2, 0.25) is 5.78 Å². The van der Waals surface area contributed by atoms with Crippen molar-refractivity contribution < 1.29 is 9.47 Å². The number of ether oxygens (including phenoxy) is 2. The molecule has 23 heavy (non-hydrogen) atoms. The zero-order valence-electron chi connectivity index (χ0n) is 13.1. The highest BCUT2D eigenvalue weighted by Gasteiger charge is 2.16. The van der Waals surface area contributed by atoms with Gasteiger partial charge in [-0.3, -0.25) is 4.40 Å². The predicted octanol–water partition coefficient (Wildman–Crippen LogP) is 2.86. The summed E-state index contributed by atoms with van der Waals surface area (Å²) in [7, 11) is 2.02. The number of fused-ring (bicyclic) bond motifs is 3. The number of imidazole rings is 1. The van der Waals surface area contributed by atoms with Gasteiger partial charge in [-0.15, -0.1) is 10.2 Å². The Balaban J connectivity index is 1.46. The van der Waals surface area contributed by atoms with Gasteiger partial charge >= 0.3 is 0 Å². The monoisotopic (exact) mass is 332 g/mol. The van der Waals surface area contributed by atoms with E-state index in [2.05, 4.69) is 31.3 Å². The molecule has 2 aromatic heterocycles. The summed E-state index contributed by atoms with van der Waals surface area (Å²) in [5.74, 6) is 1.70. The van der Waals surface area contributed by atoms with Crippen molar-refractivity contribution in [1.29, 1.82) is 0 Å². The molecule has 0 saturated carbocycles. The van der Waals surface area contributed by atoms with Crippen LogP contribution >= 0.6 is 11.8 Å². The summed E-state index contributed by atoms with van der Waals surface area (Å²) in [6.45, 7) is 1.48. The SMILES string of the molecule is Cn1c2ccccc2n2c(SCCOC3CCCCO3)nnc12. The molecule has 122 valence electrons. The van der Waals surface area contributed by atoms with Crippen molar-refractivity contribution in [1.82, 2.24) is 19.2 Å². The molecule has 0 spiro atoms. The van der Waals surface area contributed by atoms with Crippen molar-refractivity contribution in [2.24, 2.45) is 7.05 Å². The minimum atomic E-state index is -0.0275. The van der Waals surface area contributed by atoms with E-state index >= 15 is 0 Å². The first-order valence-corrected chi connectivity index (χ1v) is 8.98. The smallest absolute Gasteiger partial charge is 0.236 e. The number of rotatable bonds is 5. The Hall–Kier alpha value is -1.57. The first-order valence-electron chi connectivity index (χ1n) is 7.99. The van der Waals surface area contributed by atoms with Crippen molar-refractivity contribution in [2.45, 2.75) is 30.7 Å². The largest absolute Gasteiger partial charge is 0.353 e. The summed E-state index contributed by atoms with van der Waals surface area (Å²) >= 11 is 1.67. The molecule has 0 aliphatic carbocycles. The highest BCUT2D eigenvalue weighted by molar-refractivity contribution is 7.99. The Bertz CT molecular complexity index is 807. The van der Waals surface area contributed by atoms with Gasteiger partial charge in [0, 0.05) is 19.4 Å². The molecule has 1 fully saturated rings. The van der Waals surface area contributed by atoms with Crippen LogP contribution in [0.3, 0.4) is 0 Å². The standard InChI is InChI=1S/C16H20N4O2S/c1-19-12-6-2-3-7-13(12)20-15(19)17-18-16(20)23-11-10-22-14-8-4-5-9-21-14/h2-3,6-7,14H,4-5,8-11H2,1H3. The number of thioether (sulfide) groups is 1. The Kier molecular flexibility index (Phi) is 4.24. The zero-order chi connectivity index (χ0) is 15.6. The summed E-state index contributed by atoms with van der Waals surface area (Å²) in [6, 6.07) is 8.28. The van der Waals surface area contributed by atoms with E-state index in [1.54, 1.807) is 11.8 Å². The molecule has 3 heterocycles. The predicted molar refractivity (Wildman–Crippen MR) is 89.7 cm³/mol. The number of nitrogens with zero attached hydrogens (tertiary/aromatic N) is 4. The lowest BCUT2D eigenvalue weighted by Crippen LogP contribution is -2.23. The molecule has 4 rings (SSSR count). The van der Waals surface area contributed by atoms with E-state index in [-0.39, 0.29) is 6.29 Å². The van der Waals surface area contributed by atoms with E-state index < -0.39 is 0 Å². The van der Waals surface area contributed by atoms with Crippen molar-refractivity contribution >= 4 is 28.6 Å². The Labute approximate surface area is 138 Å². The van der Waals surface area contributed by atoms with Gasteiger partial charge in [0.25, 0.3) is 0 Å². The van der Waals surface area contributed by atoms with Gasteiger partial charge < -0.3 is 14.0 Å². The van der Waals surface area contributed by atoms with Crippen LogP contribution in [0.5, 0.6) is 0 Å². The van der Waals surface area contributed by atoms with Gasteiger partial charge in [0.15, 0.2) is 11.4 Å². The van der Waals surface area contributed by atoms with Crippen LogP contribution in [0.1, 0.15) is 19.3 Å². The molecule has 1 aliphatic rings. The Morgan fingerprint density at radius 1 is 1.26 bits per heavy atom. The molecule has 1 aromatic carbocycles. The third-order valence-corrected chi connectivity index (χ3v) is 5.05. The maximum absolute atomic E-state index is 5.78. The number of aryl methyl sites for hydroxylation is 1. The fourth-order valence-corrected chi connectivity index (χ4v) is 3.75. The summed E-state index contributed by atoms with van der Waals surface area (Å²) in [5, 5.41) is 9.54. The topological polar surface area (TPSA) is 53.6 Å². The summed E-state index contributed by atoms with van der Waals surface area (Å²) in [5.41, 5.74) is 2.29. The van der Waals surface area contributed by atoms with Crippen LogP contribution in [0.4, 0.5) is 0 Å². The normalized spacial score (nSPS) is 18.9. The second-order valence-corrected chi connectivity index (χ2v) is 6.74. The first-order chi connectivity index (χ1) is 11.3. The second-order valence-electron chi connectivity index (χ2n) is 5.68. The van der Waals surface area contributed by atoms with E-state index in [9.17, 15) is 0 Å². The van der Waals surface area contributed by atoms with Crippen molar-refractivity contribution in [3.63, 3.8) is 0 Å². The average Bonchev–Trinajstić information content (AvgIpc) is 3.14. The summed E-state index contributed by atoms with van der Waals surface area (Å²) < 4.78 is 15.5. The zero-order valence-corrected chi connectivity index (χ0v) is 14.0. The Morgan fingerprint density at radius 2 is 2.13 bits per heavy atom. The lowest BCUT2D eigenvalue weighted by atomic mass is 10.2. The molecular formula is C16H20N4O2S. The average molecular weight is 332 g/mol.